The number of rotatable bonds is 4. The highest BCUT2D eigenvalue weighted by Crippen LogP contribution is 2.32. The average Bonchev–Trinajstić information content (AvgIpc) is 3.00. The number of nitro groups is 1. The van der Waals surface area contributed by atoms with Crippen LogP contribution in [0.25, 0.3) is 16.9 Å². The molecule has 128 valence electrons. The minimum atomic E-state index is -0.428. The van der Waals surface area contributed by atoms with E-state index in [1.54, 1.807) is 36.8 Å². The summed E-state index contributed by atoms with van der Waals surface area (Å²) in [7, 11) is 0. The van der Waals surface area contributed by atoms with E-state index in [0.717, 1.165) is 17.1 Å². The van der Waals surface area contributed by atoms with Crippen LogP contribution in [0.3, 0.4) is 0 Å². The maximum Gasteiger partial charge on any atom is 0.269 e. The van der Waals surface area contributed by atoms with Crippen LogP contribution in [0.1, 0.15) is 0 Å². The summed E-state index contributed by atoms with van der Waals surface area (Å²) in [6, 6.07) is 13.6. The van der Waals surface area contributed by atoms with Crippen LogP contribution in [-0.4, -0.2) is 19.3 Å². The zero-order chi connectivity index (χ0) is 18.1. The number of halogens is 1. The van der Waals surface area contributed by atoms with Crippen LogP contribution >= 0.6 is 11.6 Å². The van der Waals surface area contributed by atoms with Crippen LogP contribution in [-0.2, 0) is 0 Å². The fourth-order valence-electron chi connectivity index (χ4n) is 2.67. The van der Waals surface area contributed by atoms with Crippen molar-refractivity contribution in [2.75, 3.05) is 5.32 Å². The number of nitro benzene ring substituents is 1. The summed E-state index contributed by atoms with van der Waals surface area (Å²) < 4.78 is 1.87. The average molecular weight is 366 g/mol. The monoisotopic (exact) mass is 365 g/mol. The van der Waals surface area contributed by atoms with Crippen LogP contribution < -0.4 is 5.32 Å². The molecule has 1 N–H and O–H groups in total. The van der Waals surface area contributed by atoms with E-state index in [4.69, 9.17) is 11.6 Å². The Morgan fingerprint density at radius 3 is 2.69 bits per heavy atom. The quantitative estimate of drug-likeness (QED) is 0.418. The molecule has 0 amide bonds. The summed E-state index contributed by atoms with van der Waals surface area (Å²) in [4.78, 5) is 19.2. The van der Waals surface area contributed by atoms with Gasteiger partial charge in [-0.05, 0) is 30.3 Å². The lowest BCUT2D eigenvalue weighted by Crippen LogP contribution is -1.97. The van der Waals surface area contributed by atoms with Gasteiger partial charge in [0.05, 0.1) is 11.1 Å². The van der Waals surface area contributed by atoms with E-state index in [1.165, 1.54) is 12.1 Å². The van der Waals surface area contributed by atoms with Gasteiger partial charge in [-0.3, -0.25) is 19.5 Å². The Morgan fingerprint density at radius 1 is 1.15 bits per heavy atom. The number of fused-ring (bicyclic) bond motifs is 1. The number of nitrogens with zero attached hydrogens (tertiary/aromatic N) is 4. The van der Waals surface area contributed by atoms with Crippen molar-refractivity contribution in [2.45, 2.75) is 0 Å². The first kappa shape index (κ1) is 16.0. The van der Waals surface area contributed by atoms with Crippen molar-refractivity contribution in [1.29, 1.82) is 0 Å². The van der Waals surface area contributed by atoms with Gasteiger partial charge in [-0.15, -0.1) is 0 Å². The third-order valence-electron chi connectivity index (χ3n) is 3.87. The Labute approximate surface area is 153 Å². The van der Waals surface area contributed by atoms with E-state index in [0.29, 0.717) is 16.4 Å². The summed E-state index contributed by atoms with van der Waals surface area (Å²) in [6.07, 6.45) is 5.11. The first-order chi connectivity index (χ1) is 12.6. The van der Waals surface area contributed by atoms with Gasteiger partial charge in [0, 0.05) is 40.8 Å². The molecule has 26 heavy (non-hydrogen) atoms. The van der Waals surface area contributed by atoms with Crippen molar-refractivity contribution in [1.82, 2.24) is 14.4 Å². The fraction of sp³-hybridized carbons (Fsp3) is 0. The van der Waals surface area contributed by atoms with Gasteiger partial charge in [0.1, 0.15) is 11.5 Å². The van der Waals surface area contributed by atoms with Crippen molar-refractivity contribution in [3.8, 4) is 11.3 Å². The molecular formula is C18H12ClN5O2. The van der Waals surface area contributed by atoms with Crippen LogP contribution in [0.15, 0.2) is 67.1 Å². The number of anilines is 2. The minimum absolute atomic E-state index is 0.0310. The molecule has 0 aliphatic rings. The fourth-order valence-corrected chi connectivity index (χ4v) is 2.86. The molecule has 8 heteroatoms. The van der Waals surface area contributed by atoms with E-state index in [2.05, 4.69) is 15.3 Å². The predicted molar refractivity (Wildman–Crippen MR) is 99.8 cm³/mol. The number of hydrogen-bond donors (Lipinski definition) is 1. The lowest BCUT2D eigenvalue weighted by molar-refractivity contribution is -0.384. The third kappa shape index (κ3) is 2.96. The topological polar surface area (TPSA) is 85.4 Å². The van der Waals surface area contributed by atoms with Crippen LogP contribution in [0.5, 0.6) is 0 Å². The second kappa shape index (κ2) is 6.45. The highest BCUT2D eigenvalue weighted by molar-refractivity contribution is 6.30. The number of imidazole rings is 1. The number of nitrogens with one attached hydrogen (secondary N) is 1. The largest absolute Gasteiger partial charge is 0.339 e. The zero-order valence-electron chi connectivity index (χ0n) is 13.3. The predicted octanol–water partition coefficient (Wildman–Crippen LogP) is 4.70. The van der Waals surface area contributed by atoms with Crippen LogP contribution in [0.4, 0.5) is 17.2 Å². The molecule has 2 heterocycles. The normalized spacial score (nSPS) is 10.8. The van der Waals surface area contributed by atoms with E-state index < -0.39 is 4.92 Å². The van der Waals surface area contributed by atoms with Gasteiger partial charge in [0.25, 0.3) is 5.69 Å². The minimum Gasteiger partial charge on any atom is -0.339 e. The molecule has 0 spiro atoms. The molecule has 2 aromatic carbocycles. The highest BCUT2D eigenvalue weighted by Gasteiger charge is 2.16. The van der Waals surface area contributed by atoms with Crippen LogP contribution in [0.2, 0.25) is 5.02 Å². The maximum absolute atomic E-state index is 10.9. The van der Waals surface area contributed by atoms with Crippen molar-refractivity contribution in [2.24, 2.45) is 0 Å². The Bertz CT molecular complexity index is 1110. The third-order valence-corrected chi connectivity index (χ3v) is 4.10. The standard InChI is InChI=1S/C18H12ClN5O2/c19-13-2-1-3-14(10-13)21-18-17(22-16-11-20-8-9-23(16)18)12-4-6-15(7-5-12)24(25)26/h1-11,21H. The molecule has 0 bridgehead atoms. The SMILES string of the molecule is O=[N+]([O-])c1ccc(-c2nc3cnccn3c2Nc2cccc(Cl)c2)cc1. The van der Waals surface area contributed by atoms with E-state index in [9.17, 15) is 10.1 Å². The summed E-state index contributed by atoms with van der Waals surface area (Å²) in [5, 5.41) is 14.8. The van der Waals surface area contributed by atoms with Gasteiger partial charge in [-0.25, -0.2) is 4.98 Å². The molecule has 0 saturated carbocycles. The van der Waals surface area contributed by atoms with Gasteiger partial charge >= 0.3 is 0 Å². The molecule has 4 rings (SSSR count). The summed E-state index contributed by atoms with van der Waals surface area (Å²) in [6.45, 7) is 0. The number of aromatic nitrogens is 3. The number of hydrogen-bond acceptors (Lipinski definition) is 5. The van der Waals surface area contributed by atoms with Gasteiger partial charge in [-0.1, -0.05) is 17.7 Å². The zero-order valence-corrected chi connectivity index (χ0v) is 14.1. The lowest BCUT2D eigenvalue weighted by Gasteiger charge is -2.09. The van der Waals surface area contributed by atoms with Crippen molar-refractivity contribution in [3.63, 3.8) is 0 Å². The molecule has 4 aromatic rings. The number of non-ortho nitro benzene ring substituents is 1. The van der Waals surface area contributed by atoms with E-state index in [1.807, 2.05) is 22.6 Å². The van der Waals surface area contributed by atoms with Crippen molar-refractivity contribution < 1.29 is 4.92 Å². The molecule has 0 radical (unpaired) electrons. The van der Waals surface area contributed by atoms with Crippen molar-refractivity contribution in [3.05, 3.63) is 82.3 Å². The van der Waals surface area contributed by atoms with Gasteiger partial charge in [0.15, 0.2) is 5.65 Å². The molecule has 0 aliphatic heterocycles. The summed E-state index contributed by atoms with van der Waals surface area (Å²) >= 11 is 6.07. The Balaban J connectivity index is 1.84. The van der Waals surface area contributed by atoms with Gasteiger partial charge in [-0.2, -0.15) is 0 Å². The molecule has 0 fully saturated rings. The van der Waals surface area contributed by atoms with Gasteiger partial charge < -0.3 is 5.32 Å². The highest BCUT2D eigenvalue weighted by atomic mass is 35.5. The van der Waals surface area contributed by atoms with Gasteiger partial charge in [0.2, 0.25) is 0 Å². The Morgan fingerprint density at radius 2 is 1.96 bits per heavy atom. The molecule has 0 unspecified atom stereocenters. The second-order valence-electron chi connectivity index (χ2n) is 5.55. The lowest BCUT2D eigenvalue weighted by atomic mass is 10.1. The van der Waals surface area contributed by atoms with Crippen molar-refractivity contribution >= 4 is 34.4 Å². The molecule has 0 atom stereocenters. The number of benzene rings is 2. The smallest absolute Gasteiger partial charge is 0.269 e. The Hall–Kier alpha value is -3.45. The van der Waals surface area contributed by atoms with E-state index in [-0.39, 0.29) is 5.69 Å². The summed E-state index contributed by atoms with van der Waals surface area (Å²) in [5.41, 5.74) is 2.91. The maximum atomic E-state index is 10.9. The molecule has 0 aliphatic carbocycles. The molecule has 0 saturated heterocycles. The van der Waals surface area contributed by atoms with E-state index >= 15 is 0 Å². The van der Waals surface area contributed by atoms with Crippen LogP contribution in [0, 0.1) is 10.1 Å². The second-order valence-corrected chi connectivity index (χ2v) is 5.99. The first-order valence-electron chi connectivity index (χ1n) is 7.71. The first-order valence-corrected chi connectivity index (χ1v) is 8.09. The molecule has 2 aromatic heterocycles. The Kier molecular flexibility index (Phi) is 3.98. The molecule has 7 nitrogen and oxygen atoms in total. The molecular weight excluding hydrogens is 354 g/mol. The summed E-state index contributed by atoms with van der Waals surface area (Å²) in [5.74, 6) is 0.721.